The lowest BCUT2D eigenvalue weighted by Gasteiger charge is -2.32. The maximum absolute atomic E-state index is 2.55. The summed E-state index contributed by atoms with van der Waals surface area (Å²) in [4.78, 5) is 2.55. The third kappa shape index (κ3) is 5.51. The quantitative estimate of drug-likeness (QED) is 0.151. The van der Waals surface area contributed by atoms with Gasteiger partial charge >= 0.3 is 0 Å². The van der Waals surface area contributed by atoms with E-state index in [9.17, 15) is 0 Å². The van der Waals surface area contributed by atoms with Crippen molar-refractivity contribution in [2.24, 2.45) is 0 Å². The van der Waals surface area contributed by atoms with Gasteiger partial charge in [0.1, 0.15) is 0 Å². The summed E-state index contributed by atoms with van der Waals surface area (Å²) in [5.74, 6) is 0. The van der Waals surface area contributed by atoms with E-state index >= 15 is 0 Å². The molecule has 0 fully saturated rings. The van der Waals surface area contributed by atoms with Gasteiger partial charge in [0.25, 0.3) is 0 Å². The maximum atomic E-state index is 2.55. The first-order valence-electron chi connectivity index (χ1n) is 23.7. The molecule has 12 aromatic rings. The Morgan fingerprint density at radius 3 is 1.32 bits per heavy atom. The van der Waals surface area contributed by atoms with E-state index in [1.54, 1.807) is 0 Å². The fourth-order valence-electron chi connectivity index (χ4n) is 12.1. The molecule has 12 aromatic carbocycles. The molecule has 0 saturated carbocycles. The van der Waals surface area contributed by atoms with Crippen molar-refractivity contribution in [2.45, 2.75) is 5.41 Å². The molecule has 0 radical (unpaired) electrons. The van der Waals surface area contributed by atoms with E-state index in [2.05, 4.69) is 266 Å². The molecule has 0 heterocycles. The van der Waals surface area contributed by atoms with E-state index < -0.39 is 5.41 Å². The summed E-state index contributed by atoms with van der Waals surface area (Å²) >= 11 is 0. The van der Waals surface area contributed by atoms with E-state index in [0.29, 0.717) is 0 Å². The van der Waals surface area contributed by atoms with Gasteiger partial charge in [-0.05, 0) is 124 Å². The van der Waals surface area contributed by atoms with Crippen LogP contribution in [0, 0.1) is 0 Å². The second kappa shape index (κ2) is 15.1. The number of fused-ring (bicyclic) bond motifs is 13. The Morgan fingerprint density at radius 1 is 0.250 bits per heavy atom. The molecule has 0 unspecified atom stereocenters. The highest BCUT2D eigenvalue weighted by Crippen LogP contribution is 2.63. The van der Waals surface area contributed by atoms with Crippen LogP contribution in [0.2, 0.25) is 0 Å². The van der Waals surface area contributed by atoms with Crippen LogP contribution in [0.4, 0.5) is 17.1 Å². The Hall–Kier alpha value is -8.78. The van der Waals surface area contributed by atoms with Gasteiger partial charge in [0.2, 0.25) is 0 Å². The van der Waals surface area contributed by atoms with Crippen molar-refractivity contribution in [3.63, 3.8) is 0 Å². The van der Waals surface area contributed by atoms with Crippen molar-refractivity contribution in [3.05, 3.63) is 283 Å². The first-order valence-corrected chi connectivity index (χ1v) is 23.7. The van der Waals surface area contributed by atoms with Gasteiger partial charge in [-0.15, -0.1) is 0 Å². The third-order valence-electron chi connectivity index (χ3n) is 14.8. The average molecular weight is 862 g/mol. The molecule has 1 heteroatoms. The zero-order valence-electron chi connectivity index (χ0n) is 37.3. The SMILES string of the molecule is c1ccc(-c2c(-c3cccc(N(c4ccc5c(c4)-c4ccccc4C54c5ccccc5-c5ccccc54)c4c5ccccc5c(-c5ccccc5)c5ccccc45)c3)ccc3ccccc23)cc1. The highest BCUT2D eigenvalue weighted by Gasteiger charge is 2.51. The van der Waals surface area contributed by atoms with Gasteiger partial charge in [-0.1, -0.05) is 237 Å². The highest BCUT2D eigenvalue weighted by molar-refractivity contribution is 6.22. The summed E-state index contributed by atoms with van der Waals surface area (Å²) in [6.07, 6.45) is 0. The Balaban J connectivity index is 1.07. The topological polar surface area (TPSA) is 3.24 Å². The molecular weight excluding hydrogens is 819 g/mol. The van der Waals surface area contributed by atoms with E-state index in [0.717, 1.165) is 22.6 Å². The number of benzene rings is 12. The van der Waals surface area contributed by atoms with Gasteiger partial charge in [-0.3, -0.25) is 0 Å². The summed E-state index contributed by atoms with van der Waals surface area (Å²) in [5, 5.41) is 7.31. The molecule has 1 spiro atoms. The van der Waals surface area contributed by atoms with Gasteiger partial charge in [-0.25, -0.2) is 0 Å². The predicted octanol–water partition coefficient (Wildman–Crippen LogP) is 18.0. The molecule has 68 heavy (non-hydrogen) atoms. The standard InChI is InChI=1S/C67H43N/c1-3-21-45(22-4-1)64-50-27-8-7-20-44(50)38-40-51(64)47-25-19-26-48(42-47)68(66-57-33-11-9-31-55(57)65(46-23-5-2-6-24-46)56-32-10-12-34-58(56)66)49-39-41-63-59(43-49)54-30-15-18-37-62(54)67(63)60-35-16-13-28-52(60)53-29-14-17-36-61(53)67/h1-43H. The first-order chi connectivity index (χ1) is 33.8. The van der Waals surface area contributed by atoms with Crippen molar-refractivity contribution in [2.75, 3.05) is 4.90 Å². The first kappa shape index (κ1) is 38.5. The Kier molecular flexibility index (Phi) is 8.57. The van der Waals surface area contributed by atoms with Gasteiger partial charge in [-0.2, -0.15) is 0 Å². The minimum atomic E-state index is -0.428. The smallest absolute Gasteiger partial charge is 0.0725 e. The van der Waals surface area contributed by atoms with E-state index in [-0.39, 0.29) is 0 Å². The van der Waals surface area contributed by atoms with Crippen LogP contribution < -0.4 is 4.90 Å². The molecule has 0 amide bonds. The minimum absolute atomic E-state index is 0.428. The Bertz CT molecular complexity index is 3870. The van der Waals surface area contributed by atoms with Crippen LogP contribution in [0.25, 0.3) is 88.0 Å². The monoisotopic (exact) mass is 861 g/mol. The van der Waals surface area contributed by atoms with Gasteiger partial charge < -0.3 is 4.90 Å². The van der Waals surface area contributed by atoms with E-state index in [1.807, 2.05) is 0 Å². The van der Waals surface area contributed by atoms with Crippen LogP contribution in [-0.2, 0) is 5.41 Å². The van der Waals surface area contributed by atoms with Gasteiger partial charge in [0, 0.05) is 22.1 Å². The Morgan fingerprint density at radius 2 is 0.706 bits per heavy atom. The molecule has 0 aliphatic heterocycles. The van der Waals surface area contributed by atoms with Crippen LogP contribution in [0.1, 0.15) is 22.3 Å². The second-order valence-corrected chi connectivity index (χ2v) is 18.3. The van der Waals surface area contributed by atoms with E-state index in [4.69, 9.17) is 0 Å². The van der Waals surface area contributed by atoms with Crippen molar-refractivity contribution in [1.29, 1.82) is 0 Å². The lowest BCUT2D eigenvalue weighted by atomic mass is 9.70. The minimum Gasteiger partial charge on any atom is -0.309 e. The molecule has 0 atom stereocenters. The summed E-state index contributed by atoms with van der Waals surface area (Å²) in [7, 11) is 0. The fourth-order valence-corrected chi connectivity index (χ4v) is 12.1. The summed E-state index contributed by atoms with van der Waals surface area (Å²) in [6, 6.07) is 97.0. The molecule has 2 aliphatic carbocycles. The summed E-state index contributed by atoms with van der Waals surface area (Å²) in [6.45, 7) is 0. The molecule has 0 bridgehead atoms. The average Bonchev–Trinajstić information content (AvgIpc) is 3.88. The second-order valence-electron chi connectivity index (χ2n) is 18.3. The number of hydrogen-bond donors (Lipinski definition) is 0. The van der Waals surface area contributed by atoms with Crippen LogP contribution in [0.5, 0.6) is 0 Å². The number of anilines is 3. The van der Waals surface area contributed by atoms with Crippen LogP contribution in [0.15, 0.2) is 261 Å². The van der Waals surface area contributed by atoms with Crippen molar-refractivity contribution in [3.8, 4) is 55.6 Å². The van der Waals surface area contributed by atoms with Crippen molar-refractivity contribution >= 4 is 49.4 Å². The predicted molar refractivity (Wildman–Crippen MR) is 286 cm³/mol. The lowest BCUT2D eigenvalue weighted by molar-refractivity contribution is 0.794. The zero-order valence-corrected chi connectivity index (χ0v) is 37.3. The molecular formula is C67H43N. The molecule has 0 aromatic heterocycles. The molecule has 14 rings (SSSR count). The third-order valence-corrected chi connectivity index (χ3v) is 14.8. The van der Waals surface area contributed by atoms with Crippen molar-refractivity contribution in [1.82, 2.24) is 0 Å². The zero-order chi connectivity index (χ0) is 44.8. The van der Waals surface area contributed by atoms with Crippen molar-refractivity contribution < 1.29 is 0 Å². The summed E-state index contributed by atoms with van der Waals surface area (Å²) < 4.78 is 0. The van der Waals surface area contributed by atoms with E-state index in [1.165, 1.54) is 105 Å². The fraction of sp³-hybridized carbons (Fsp3) is 0.0149. The molecule has 2 aliphatic rings. The van der Waals surface area contributed by atoms with Crippen LogP contribution in [0.3, 0.4) is 0 Å². The van der Waals surface area contributed by atoms with Gasteiger partial charge in [0.15, 0.2) is 0 Å². The molecule has 0 saturated heterocycles. The molecule has 316 valence electrons. The largest absolute Gasteiger partial charge is 0.309 e. The number of nitrogens with zero attached hydrogens (tertiary/aromatic N) is 1. The number of hydrogen-bond acceptors (Lipinski definition) is 1. The van der Waals surface area contributed by atoms with Gasteiger partial charge in [0.05, 0.1) is 11.1 Å². The molecule has 1 nitrogen and oxygen atoms in total. The molecule has 0 N–H and O–H groups in total. The Labute approximate surface area is 396 Å². The van der Waals surface area contributed by atoms with Crippen LogP contribution in [-0.4, -0.2) is 0 Å². The highest BCUT2D eigenvalue weighted by atomic mass is 15.1. The number of rotatable bonds is 6. The van der Waals surface area contributed by atoms with Crippen LogP contribution >= 0.6 is 0 Å². The summed E-state index contributed by atoms with van der Waals surface area (Å²) in [5.41, 5.74) is 20.7. The normalized spacial score (nSPS) is 12.8. The maximum Gasteiger partial charge on any atom is 0.0725 e. The lowest BCUT2D eigenvalue weighted by Crippen LogP contribution is -2.25.